The topological polar surface area (TPSA) is 113 Å². The number of aromatic nitrogens is 2. The minimum absolute atomic E-state index is 0.0843. The molecule has 0 bridgehead atoms. The Kier molecular flexibility index (Phi) is 4.80. The second-order valence-electron chi connectivity index (χ2n) is 9.96. The fraction of sp³-hybridized carbons (Fsp3) is 0.296. The monoisotopic (exact) mass is 451 g/mol. The van der Waals surface area contributed by atoms with Gasteiger partial charge in [0.2, 0.25) is 5.91 Å². The summed E-state index contributed by atoms with van der Waals surface area (Å²) in [5, 5.41) is 11.5. The van der Waals surface area contributed by atoms with Crippen LogP contribution in [0.1, 0.15) is 37.8 Å². The molecule has 3 aromatic rings. The van der Waals surface area contributed by atoms with E-state index in [1.54, 1.807) is 30.7 Å². The van der Waals surface area contributed by atoms with Gasteiger partial charge in [0.05, 0.1) is 29.4 Å². The van der Waals surface area contributed by atoms with E-state index in [9.17, 15) is 14.9 Å². The lowest BCUT2D eigenvalue weighted by molar-refractivity contribution is -0.128. The third-order valence-electron chi connectivity index (χ3n) is 7.01. The van der Waals surface area contributed by atoms with Crippen LogP contribution < -0.4 is 10.6 Å². The van der Waals surface area contributed by atoms with Gasteiger partial charge in [-0.25, -0.2) is 0 Å². The van der Waals surface area contributed by atoms with Crippen LogP contribution in [0.3, 0.4) is 0 Å². The van der Waals surface area contributed by atoms with Crippen LogP contribution in [0, 0.1) is 22.2 Å². The van der Waals surface area contributed by atoms with Crippen LogP contribution in [0.2, 0.25) is 0 Å². The molecule has 1 saturated heterocycles. The summed E-state index contributed by atoms with van der Waals surface area (Å²) in [7, 11) is 0. The van der Waals surface area contributed by atoms with Gasteiger partial charge in [-0.05, 0) is 23.3 Å². The van der Waals surface area contributed by atoms with Crippen molar-refractivity contribution >= 4 is 34.4 Å². The van der Waals surface area contributed by atoms with Crippen LogP contribution in [-0.4, -0.2) is 33.7 Å². The molecular weight excluding hydrogens is 426 g/mol. The van der Waals surface area contributed by atoms with Crippen molar-refractivity contribution in [3.05, 3.63) is 72.2 Å². The number of amides is 1. The van der Waals surface area contributed by atoms with Crippen molar-refractivity contribution in [1.29, 1.82) is 5.26 Å². The number of anilines is 1. The summed E-state index contributed by atoms with van der Waals surface area (Å²) >= 11 is 0. The molecule has 170 valence electrons. The van der Waals surface area contributed by atoms with Gasteiger partial charge >= 0.3 is 0 Å². The summed E-state index contributed by atoms with van der Waals surface area (Å²) in [5.41, 5.74) is 6.54. The first-order valence-electron chi connectivity index (χ1n) is 11.2. The number of hydrogen-bond acceptors (Lipinski definition) is 6. The van der Waals surface area contributed by atoms with Gasteiger partial charge < -0.3 is 10.6 Å². The minimum Gasteiger partial charge on any atom is -0.368 e. The smallest absolute Gasteiger partial charge is 0.241 e. The molecule has 2 N–H and O–H groups in total. The van der Waals surface area contributed by atoms with Gasteiger partial charge in [-0.3, -0.25) is 19.6 Å². The first-order chi connectivity index (χ1) is 16.2. The van der Waals surface area contributed by atoms with Crippen molar-refractivity contribution < 1.29 is 9.59 Å². The number of ketones is 1. The van der Waals surface area contributed by atoms with Crippen LogP contribution >= 0.6 is 0 Å². The van der Waals surface area contributed by atoms with Gasteiger partial charge in [-0.15, -0.1) is 0 Å². The molecule has 4 unspecified atom stereocenters. The molecule has 4 heterocycles. The van der Waals surface area contributed by atoms with Crippen molar-refractivity contribution in [3.8, 4) is 6.07 Å². The molecule has 0 radical (unpaired) electrons. The SMILES string of the molecule is CC(C)(C)C(=O)C1C(c2cccnc2)C(C#N)(C(N)=O)C2C=Cc3ccc4cccnc4c3N12. The lowest BCUT2D eigenvalue weighted by atomic mass is 9.66. The zero-order valence-electron chi connectivity index (χ0n) is 19.3. The second-order valence-corrected chi connectivity index (χ2v) is 9.96. The van der Waals surface area contributed by atoms with Crippen LogP contribution in [0.4, 0.5) is 5.69 Å². The Morgan fingerprint density at radius 2 is 1.91 bits per heavy atom. The molecule has 2 aliphatic heterocycles. The quantitative estimate of drug-likeness (QED) is 0.651. The van der Waals surface area contributed by atoms with Crippen molar-refractivity contribution in [2.24, 2.45) is 16.6 Å². The molecule has 0 saturated carbocycles. The maximum atomic E-state index is 14.1. The van der Waals surface area contributed by atoms with Crippen molar-refractivity contribution in [2.75, 3.05) is 4.90 Å². The molecule has 1 fully saturated rings. The van der Waals surface area contributed by atoms with Gasteiger partial charge in [-0.2, -0.15) is 5.26 Å². The summed E-state index contributed by atoms with van der Waals surface area (Å²) in [6.07, 6.45) is 8.66. The number of primary amides is 1. The Labute approximate surface area is 197 Å². The van der Waals surface area contributed by atoms with E-state index in [4.69, 9.17) is 5.73 Å². The number of nitriles is 1. The zero-order chi connectivity index (χ0) is 24.3. The largest absolute Gasteiger partial charge is 0.368 e. The molecule has 7 nitrogen and oxygen atoms in total. The van der Waals surface area contributed by atoms with Gasteiger partial charge in [-0.1, -0.05) is 57.2 Å². The number of carbonyl (C=O) groups excluding carboxylic acids is 2. The number of carbonyl (C=O) groups is 2. The normalized spacial score (nSPS) is 25.5. The summed E-state index contributed by atoms with van der Waals surface area (Å²) in [5.74, 6) is -1.65. The number of fused-ring (bicyclic) bond motifs is 5. The summed E-state index contributed by atoms with van der Waals surface area (Å²) < 4.78 is 0. The minimum atomic E-state index is -1.68. The van der Waals surface area contributed by atoms with Gasteiger partial charge in [0.15, 0.2) is 11.2 Å². The predicted molar refractivity (Wildman–Crippen MR) is 130 cm³/mol. The highest BCUT2D eigenvalue weighted by molar-refractivity contribution is 6.04. The fourth-order valence-electron chi connectivity index (χ4n) is 5.47. The van der Waals surface area contributed by atoms with Gasteiger partial charge in [0.25, 0.3) is 0 Å². The fourth-order valence-corrected chi connectivity index (χ4v) is 5.47. The molecule has 5 rings (SSSR count). The van der Waals surface area contributed by atoms with E-state index in [0.717, 1.165) is 16.6 Å². The number of hydrogen-bond donors (Lipinski definition) is 1. The summed E-state index contributed by atoms with van der Waals surface area (Å²) in [6.45, 7) is 5.55. The molecule has 7 heteroatoms. The highest BCUT2D eigenvalue weighted by Crippen LogP contribution is 2.57. The molecule has 1 aromatic carbocycles. The third-order valence-corrected chi connectivity index (χ3v) is 7.01. The Morgan fingerprint density at radius 3 is 2.56 bits per heavy atom. The first kappa shape index (κ1) is 21.8. The van der Waals surface area contributed by atoms with Crippen molar-refractivity contribution in [3.63, 3.8) is 0 Å². The van der Waals surface area contributed by atoms with E-state index < -0.39 is 34.7 Å². The number of nitrogens with two attached hydrogens (primary N) is 1. The lowest BCUT2D eigenvalue weighted by Crippen LogP contribution is -2.49. The molecule has 4 atom stereocenters. The Bertz CT molecular complexity index is 1390. The van der Waals surface area contributed by atoms with E-state index in [-0.39, 0.29) is 5.78 Å². The second kappa shape index (κ2) is 7.49. The molecule has 0 aliphatic carbocycles. The Morgan fingerprint density at radius 1 is 1.15 bits per heavy atom. The zero-order valence-corrected chi connectivity index (χ0v) is 19.3. The van der Waals surface area contributed by atoms with Crippen LogP contribution in [-0.2, 0) is 9.59 Å². The Balaban J connectivity index is 1.89. The Hall–Kier alpha value is -4.05. The number of benzene rings is 1. The predicted octanol–water partition coefficient (Wildman–Crippen LogP) is 3.61. The van der Waals surface area contributed by atoms with Crippen LogP contribution in [0.25, 0.3) is 17.0 Å². The van der Waals surface area contributed by atoms with Gasteiger partial charge in [0, 0.05) is 35.3 Å². The van der Waals surface area contributed by atoms with E-state index in [0.29, 0.717) is 11.1 Å². The standard InChI is InChI=1S/C27H25N5O2/c1-26(2,3)24(33)23-20(18-7-4-12-30-14-18)27(15-28,25(29)34)19-11-10-17-9-8-16-6-5-13-31-21(16)22(17)32(19)23/h4-14,19-20,23H,1-3H3,(H2,29,34). The molecule has 0 spiro atoms. The summed E-state index contributed by atoms with van der Waals surface area (Å²) in [4.78, 5) is 38.1. The number of pyridine rings is 2. The average molecular weight is 452 g/mol. The molecule has 2 aliphatic rings. The van der Waals surface area contributed by atoms with Crippen molar-refractivity contribution in [2.45, 2.75) is 38.8 Å². The number of rotatable bonds is 3. The lowest BCUT2D eigenvalue weighted by Gasteiger charge is -2.38. The molecular formula is C27H25N5O2. The third kappa shape index (κ3) is 2.88. The maximum absolute atomic E-state index is 14.1. The highest BCUT2D eigenvalue weighted by Gasteiger charge is 2.66. The molecule has 1 amide bonds. The van der Waals surface area contributed by atoms with E-state index in [1.165, 1.54) is 0 Å². The van der Waals surface area contributed by atoms with E-state index in [2.05, 4.69) is 16.0 Å². The molecule has 2 aromatic heterocycles. The van der Waals surface area contributed by atoms with Gasteiger partial charge in [0.1, 0.15) is 0 Å². The maximum Gasteiger partial charge on any atom is 0.241 e. The van der Waals surface area contributed by atoms with Crippen molar-refractivity contribution in [1.82, 2.24) is 9.97 Å². The first-order valence-corrected chi connectivity index (χ1v) is 11.2. The van der Waals surface area contributed by atoms with Crippen LogP contribution in [0.5, 0.6) is 0 Å². The van der Waals surface area contributed by atoms with Crippen LogP contribution in [0.15, 0.2) is 61.1 Å². The highest BCUT2D eigenvalue weighted by atomic mass is 16.1. The van der Waals surface area contributed by atoms with E-state index in [1.807, 2.05) is 62.1 Å². The number of nitrogens with zero attached hydrogens (tertiary/aromatic N) is 4. The van der Waals surface area contributed by atoms with E-state index >= 15 is 0 Å². The number of Topliss-reactive ketones (excluding diaryl/α,β-unsaturated/α-hetero) is 1. The summed E-state index contributed by atoms with van der Waals surface area (Å²) in [6, 6.07) is 12.0. The molecule has 34 heavy (non-hydrogen) atoms. The average Bonchev–Trinajstić information content (AvgIpc) is 3.14.